The number of sulfonamides is 1. The van der Waals surface area contributed by atoms with E-state index in [1.807, 2.05) is 24.3 Å². The fourth-order valence-corrected chi connectivity index (χ4v) is 6.81. The molecule has 26 heavy (non-hydrogen) atoms. The highest BCUT2D eigenvalue weighted by atomic mass is 79.9. The van der Waals surface area contributed by atoms with E-state index in [-0.39, 0.29) is 10.1 Å². The first-order valence-electron chi connectivity index (χ1n) is 8.47. The topological polar surface area (TPSA) is 66.5 Å². The standard InChI is InChI=1S/C18H21BrN2O3S2/c1-12(2)13-5-7-14(8-6-13)20-18(22)15-4-3-11-21(15)26(23,24)17-10-9-16(19)25-17/h5-10,12,15H,3-4,11H2,1-2H3,(H,20,22)/t15-/m0/s1. The summed E-state index contributed by atoms with van der Waals surface area (Å²) in [5.74, 6) is 0.138. The molecule has 1 fully saturated rings. The molecule has 1 aromatic carbocycles. The number of nitrogens with one attached hydrogen (secondary N) is 1. The van der Waals surface area contributed by atoms with E-state index in [0.29, 0.717) is 31.0 Å². The third-order valence-corrected chi connectivity index (χ3v) is 8.46. The molecular weight excluding hydrogens is 436 g/mol. The van der Waals surface area contributed by atoms with Crippen LogP contribution in [0.15, 0.2) is 44.4 Å². The lowest BCUT2D eigenvalue weighted by atomic mass is 10.0. The first-order valence-corrected chi connectivity index (χ1v) is 11.5. The van der Waals surface area contributed by atoms with Gasteiger partial charge < -0.3 is 5.32 Å². The summed E-state index contributed by atoms with van der Waals surface area (Å²) in [5.41, 5.74) is 1.87. The number of amides is 1. The number of anilines is 1. The molecule has 0 unspecified atom stereocenters. The lowest BCUT2D eigenvalue weighted by Crippen LogP contribution is -2.42. The second-order valence-electron chi connectivity index (χ2n) is 6.60. The number of carbonyl (C=O) groups excluding carboxylic acids is 1. The fourth-order valence-electron chi connectivity index (χ4n) is 3.02. The average Bonchev–Trinajstić information content (AvgIpc) is 3.24. The maximum Gasteiger partial charge on any atom is 0.253 e. The van der Waals surface area contributed by atoms with Gasteiger partial charge in [0.05, 0.1) is 3.79 Å². The Balaban J connectivity index is 1.76. The minimum absolute atomic E-state index is 0.255. The maximum atomic E-state index is 12.9. The van der Waals surface area contributed by atoms with Crippen LogP contribution < -0.4 is 5.32 Å². The summed E-state index contributed by atoms with van der Waals surface area (Å²) in [6, 6.07) is 10.3. The van der Waals surface area contributed by atoms with E-state index in [2.05, 4.69) is 35.1 Å². The predicted molar refractivity (Wildman–Crippen MR) is 108 cm³/mol. The molecule has 0 bridgehead atoms. The smallest absolute Gasteiger partial charge is 0.253 e. The van der Waals surface area contributed by atoms with Gasteiger partial charge in [-0.3, -0.25) is 4.79 Å². The summed E-state index contributed by atoms with van der Waals surface area (Å²) in [6.45, 7) is 4.58. The van der Waals surface area contributed by atoms with Gasteiger partial charge in [-0.05, 0) is 64.5 Å². The fraction of sp³-hybridized carbons (Fsp3) is 0.389. The number of benzene rings is 1. The van der Waals surface area contributed by atoms with Crippen LogP contribution >= 0.6 is 27.3 Å². The summed E-state index contributed by atoms with van der Waals surface area (Å²) < 4.78 is 28.1. The molecule has 2 heterocycles. The molecule has 1 amide bonds. The first-order chi connectivity index (χ1) is 12.3. The van der Waals surface area contributed by atoms with Crippen molar-refractivity contribution in [2.45, 2.75) is 42.9 Å². The maximum absolute atomic E-state index is 12.9. The van der Waals surface area contributed by atoms with E-state index in [1.54, 1.807) is 12.1 Å². The van der Waals surface area contributed by atoms with Gasteiger partial charge >= 0.3 is 0 Å². The third kappa shape index (κ3) is 4.03. The Morgan fingerprint density at radius 1 is 1.23 bits per heavy atom. The van der Waals surface area contributed by atoms with Crippen LogP contribution in [-0.4, -0.2) is 31.2 Å². The second kappa shape index (κ2) is 7.80. The summed E-state index contributed by atoms with van der Waals surface area (Å²) in [5, 5.41) is 2.86. The van der Waals surface area contributed by atoms with E-state index in [0.717, 1.165) is 15.1 Å². The SMILES string of the molecule is CC(C)c1ccc(NC(=O)[C@@H]2CCCN2S(=O)(=O)c2ccc(Br)s2)cc1. The van der Waals surface area contributed by atoms with Crippen molar-refractivity contribution in [2.75, 3.05) is 11.9 Å². The molecule has 5 nitrogen and oxygen atoms in total. The molecule has 3 rings (SSSR count). The molecule has 2 aromatic rings. The van der Waals surface area contributed by atoms with E-state index in [1.165, 1.54) is 9.87 Å². The number of rotatable bonds is 5. The molecule has 0 saturated carbocycles. The van der Waals surface area contributed by atoms with Gasteiger partial charge in [0.2, 0.25) is 5.91 Å². The van der Waals surface area contributed by atoms with Crippen molar-refractivity contribution in [3.05, 3.63) is 45.7 Å². The molecule has 140 valence electrons. The van der Waals surface area contributed by atoms with Gasteiger partial charge in [0.25, 0.3) is 10.0 Å². The zero-order valence-corrected chi connectivity index (χ0v) is 17.8. The van der Waals surface area contributed by atoms with E-state index in [9.17, 15) is 13.2 Å². The highest BCUT2D eigenvalue weighted by Gasteiger charge is 2.40. The molecule has 0 spiro atoms. The van der Waals surface area contributed by atoms with Crippen molar-refractivity contribution < 1.29 is 13.2 Å². The third-order valence-electron chi connectivity index (χ3n) is 4.46. The highest BCUT2D eigenvalue weighted by Crippen LogP contribution is 2.32. The Morgan fingerprint density at radius 2 is 1.92 bits per heavy atom. The zero-order valence-electron chi connectivity index (χ0n) is 14.6. The largest absolute Gasteiger partial charge is 0.325 e. The van der Waals surface area contributed by atoms with Crippen molar-refractivity contribution >= 4 is 48.9 Å². The predicted octanol–water partition coefficient (Wildman–Crippen LogP) is 4.43. The number of carbonyl (C=O) groups is 1. The zero-order chi connectivity index (χ0) is 18.9. The van der Waals surface area contributed by atoms with Gasteiger partial charge in [-0.2, -0.15) is 4.31 Å². The second-order valence-corrected chi connectivity index (χ2v) is 11.2. The monoisotopic (exact) mass is 456 g/mol. The van der Waals surface area contributed by atoms with Crippen molar-refractivity contribution in [3.63, 3.8) is 0 Å². The molecule has 1 aromatic heterocycles. The molecular formula is C18H21BrN2O3S2. The quantitative estimate of drug-likeness (QED) is 0.723. The van der Waals surface area contributed by atoms with Crippen molar-refractivity contribution in [1.29, 1.82) is 0 Å². The van der Waals surface area contributed by atoms with Crippen molar-refractivity contribution in [3.8, 4) is 0 Å². The summed E-state index contributed by atoms with van der Waals surface area (Å²) >= 11 is 4.45. The van der Waals surface area contributed by atoms with Crippen molar-refractivity contribution in [1.82, 2.24) is 4.31 Å². The van der Waals surface area contributed by atoms with E-state index in [4.69, 9.17) is 0 Å². The van der Waals surface area contributed by atoms with Gasteiger partial charge in [-0.25, -0.2) is 8.42 Å². The highest BCUT2D eigenvalue weighted by molar-refractivity contribution is 9.11. The molecule has 0 aliphatic carbocycles. The van der Waals surface area contributed by atoms with Crippen LogP contribution in [0.4, 0.5) is 5.69 Å². The molecule has 8 heteroatoms. The molecule has 1 N–H and O–H groups in total. The number of halogens is 1. The number of thiophene rings is 1. The summed E-state index contributed by atoms with van der Waals surface area (Å²) in [6.07, 6.45) is 1.21. The van der Waals surface area contributed by atoms with Crippen LogP contribution in [0, 0.1) is 0 Å². The Hall–Kier alpha value is -1.22. The molecule has 1 atom stereocenters. The average molecular weight is 457 g/mol. The number of nitrogens with zero attached hydrogens (tertiary/aromatic N) is 1. The summed E-state index contributed by atoms with van der Waals surface area (Å²) in [7, 11) is -3.66. The van der Waals surface area contributed by atoms with Crippen LogP contribution in [-0.2, 0) is 14.8 Å². The first kappa shape index (κ1) is 19.5. The minimum atomic E-state index is -3.66. The Kier molecular flexibility index (Phi) is 5.86. The van der Waals surface area contributed by atoms with Crippen molar-refractivity contribution in [2.24, 2.45) is 0 Å². The van der Waals surface area contributed by atoms with Crippen LogP contribution in [0.1, 0.15) is 38.2 Å². The van der Waals surface area contributed by atoms with Gasteiger partial charge in [0, 0.05) is 12.2 Å². The van der Waals surface area contributed by atoms with Crippen LogP contribution in [0.2, 0.25) is 0 Å². The lowest BCUT2D eigenvalue weighted by Gasteiger charge is -2.22. The van der Waals surface area contributed by atoms with E-state index < -0.39 is 16.1 Å². The van der Waals surface area contributed by atoms with Gasteiger partial charge in [0.15, 0.2) is 0 Å². The van der Waals surface area contributed by atoms with Crippen LogP contribution in [0.5, 0.6) is 0 Å². The normalized spacial score (nSPS) is 18.4. The molecule has 1 aliphatic rings. The van der Waals surface area contributed by atoms with Crippen LogP contribution in [0.3, 0.4) is 0 Å². The minimum Gasteiger partial charge on any atom is -0.325 e. The Labute approximate surface area is 166 Å². The van der Waals surface area contributed by atoms with Gasteiger partial charge in [-0.15, -0.1) is 11.3 Å². The van der Waals surface area contributed by atoms with Gasteiger partial charge in [-0.1, -0.05) is 26.0 Å². The Bertz CT molecular complexity index is 891. The van der Waals surface area contributed by atoms with E-state index >= 15 is 0 Å². The molecule has 1 aliphatic heterocycles. The molecule has 1 saturated heterocycles. The Morgan fingerprint density at radius 3 is 2.50 bits per heavy atom. The number of hydrogen-bond donors (Lipinski definition) is 1. The number of hydrogen-bond acceptors (Lipinski definition) is 4. The lowest BCUT2D eigenvalue weighted by molar-refractivity contribution is -0.119. The summed E-state index contributed by atoms with van der Waals surface area (Å²) in [4.78, 5) is 12.7. The van der Waals surface area contributed by atoms with Crippen LogP contribution in [0.25, 0.3) is 0 Å². The van der Waals surface area contributed by atoms with Gasteiger partial charge in [0.1, 0.15) is 10.3 Å². The molecule has 0 radical (unpaired) electrons.